The zero-order chi connectivity index (χ0) is 10.7. The molecule has 0 radical (unpaired) electrons. The van der Waals surface area contributed by atoms with E-state index in [0.717, 1.165) is 17.1 Å². The third kappa shape index (κ3) is 2.00. The number of amides is 1. The summed E-state index contributed by atoms with van der Waals surface area (Å²) < 4.78 is 4.07. The number of rotatable bonds is 2. The van der Waals surface area contributed by atoms with Crippen molar-refractivity contribution in [1.82, 2.24) is 14.8 Å². The van der Waals surface area contributed by atoms with Gasteiger partial charge < -0.3 is 0 Å². The molecule has 0 aliphatic heterocycles. The molecule has 1 amide bonds. The Labute approximate surface area is 90.1 Å². The molecule has 1 aromatic carbocycles. The maximum Gasteiger partial charge on any atom is 0.295 e. The fourth-order valence-electron chi connectivity index (χ4n) is 1.08. The molecule has 76 valence electrons. The first-order chi connectivity index (χ1) is 7.31. The summed E-state index contributed by atoms with van der Waals surface area (Å²) in [5, 5.41) is 0.261. The van der Waals surface area contributed by atoms with Crippen molar-refractivity contribution >= 4 is 17.4 Å². The van der Waals surface area contributed by atoms with Gasteiger partial charge in [0.15, 0.2) is 5.82 Å². The number of hydrogen-bond donors (Lipinski definition) is 2. The molecule has 2 aromatic rings. The van der Waals surface area contributed by atoms with E-state index in [2.05, 4.69) is 9.36 Å². The summed E-state index contributed by atoms with van der Waals surface area (Å²) >= 11 is 1.02. The van der Waals surface area contributed by atoms with E-state index in [9.17, 15) is 4.79 Å². The van der Waals surface area contributed by atoms with Crippen LogP contribution in [0.5, 0.6) is 0 Å². The van der Waals surface area contributed by atoms with Crippen molar-refractivity contribution in [1.29, 1.82) is 0 Å². The molecule has 0 saturated heterocycles. The van der Waals surface area contributed by atoms with Crippen LogP contribution in [-0.2, 0) is 0 Å². The van der Waals surface area contributed by atoms with Crippen LogP contribution < -0.4 is 11.3 Å². The van der Waals surface area contributed by atoms with Crippen molar-refractivity contribution in [3.05, 3.63) is 35.3 Å². The number of hydrazine groups is 1. The molecular weight excluding hydrogens is 212 g/mol. The Kier molecular flexibility index (Phi) is 2.70. The lowest BCUT2D eigenvalue weighted by Gasteiger charge is -1.92. The Morgan fingerprint density at radius 3 is 2.73 bits per heavy atom. The monoisotopic (exact) mass is 220 g/mol. The lowest BCUT2D eigenvalue weighted by atomic mass is 10.2. The smallest absolute Gasteiger partial charge is 0.288 e. The van der Waals surface area contributed by atoms with Crippen LogP contribution in [-0.4, -0.2) is 15.3 Å². The number of hydrogen-bond acceptors (Lipinski definition) is 5. The molecule has 0 spiro atoms. The fourth-order valence-corrected chi connectivity index (χ4v) is 1.67. The molecule has 6 heteroatoms. The summed E-state index contributed by atoms with van der Waals surface area (Å²) in [6.07, 6.45) is 0. The molecule has 5 nitrogen and oxygen atoms in total. The zero-order valence-electron chi connectivity index (χ0n) is 7.68. The number of carbonyl (C=O) groups excluding carboxylic acids is 1. The van der Waals surface area contributed by atoms with Crippen molar-refractivity contribution in [2.75, 3.05) is 0 Å². The topological polar surface area (TPSA) is 80.9 Å². The summed E-state index contributed by atoms with van der Waals surface area (Å²) in [7, 11) is 0. The average molecular weight is 220 g/mol. The Hall–Kier alpha value is -1.79. The molecule has 0 bridgehead atoms. The second kappa shape index (κ2) is 4.16. The lowest BCUT2D eigenvalue weighted by Crippen LogP contribution is -2.29. The quantitative estimate of drug-likeness (QED) is 0.446. The van der Waals surface area contributed by atoms with Gasteiger partial charge in [0.25, 0.3) is 5.91 Å². The first kappa shape index (κ1) is 9.75. The number of benzene rings is 1. The SMILES string of the molecule is NNC(=O)c1nc(-c2ccccc2)ns1. The van der Waals surface area contributed by atoms with Gasteiger partial charge in [0, 0.05) is 5.56 Å². The molecule has 15 heavy (non-hydrogen) atoms. The van der Waals surface area contributed by atoms with Crippen LogP contribution >= 0.6 is 11.5 Å². The van der Waals surface area contributed by atoms with E-state index in [1.165, 1.54) is 0 Å². The molecule has 0 saturated carbocycles. The van der Waals surface area contributed by atoms with Crippen molar-refractivity contribution in [3.8, 4) is 11.4 Å². The number of aromatic nitrogens is 2. The third-order valence-corrected chi connectivity index (χ3v) is 2.50. The molecule has 1 aromatic heterocycles. The Morgan fingerprint density at radius 2 is 2.07 bits per heavy atom. The highest BCUT2D eigenvalue weighted by Gasteiger charge is 2.11. The zero-order valence-corrected chi connectivity index (χ0v) is 8.49. The maximum atomic E-state index is 11.1. The molecule has 1 heterocycles. The standard InChI is InChI=1S/C9H8N4OS/c10-12-8(14)9-11-7(13-15-9)6-4-2-1-3-5-6/h1-5H,10H2,(H,12,14). The van der Waals surface area contributed by atoms with Crippen LogP contribution in [0.3, 0.4) is 0 Å². The minimum absolute atomic E-state index is 0.261. The highest BCUT2D eigenvalue weighted by atomic mass is 32.1. The van der Waals surface area contributed by atoms with Crippen LogP contribution in [0.25, 0.3) is 11.4 Å². The Balaban J connectivity index is 2.32. The molecule has 3 N–H and O–H groups in total. The largest absolute Gasteiger partial charge is 0.295 e. The van der Waals surface area contributed by atoms with Crippen LogP contribution in [0.15, 0.2) is 30.3 Å². The van der Waals surface area contributed by atoms with Crippen LogP contribution in [0.1, 0.15) is 9.80 Å². The minimum Gasteiger partial charge on any atom is -0.288 e. The van der Waals surface area contributed by atoms with E-state index < -0.39 is 5.91 Å². The van der Waals surface area contributed by atoms with Gasteiger partial charge >= 0.3 is 0 Å². The summed E-state index contributed by atoms with van der Waals surface area (Å²) in [4.78, 5) is 15.2. The van der Waals surface area contributed by atoms with E-state index in [4.69, 9.17) is 5.84 Å². The molecule has 0 fully saturated rings. The predicted molar refractivity (Wildman–Crippen MR) is 57.0 cm³/mol. The molecular formula is C9H8N4OS. The molecule has 0 atom stereocenters. The van der Waals surface area contributed by atoms with Crippen LogP contribution in [0.2, 0.25) is 0 Å². The highest BCUT2D eigenvalue weighted by Crippen LogP contribution is 2.17. The maximum absolute atomic E-state index is 11.1. The third-order valence-electron chi connectivity index (χ3n) is 1.78. The van der Waals surface area contributed by atoms with Gasteiger partial charge in [-0.15, -0.1) is 0 Å². The Morgan fingerprint density at radius 1 is 1.33 bits per heavy atom. The molecule has 0 aliphatic rings. The average Bonchev–Trinajstić information content (AvgIpc) is 2.78. The predicted octanol–water partition coefficient (Wildman–Crippen LogP) is 0.809. The van der Waals surface area contributed by atoms with Gasteiger partial charge in [-0.1, -0.05) is 30.3 Å². The first-order valence-corrected chi connectivity index (χ1v) is 4.98. The van der Waals surface area contributed by atoms with Crippen LogP contribution in [0, 0.1) is 0 Å². The van der Waals surface area contributed by atoms with Gasteiger partial charge in [-0.25, -0.2) is 10.8 Å². The number of carbonyl (C=O) groups is 1. The van der Waals surface area contributed by atoms with Crippen molar-refractivity contribution in [2.24, 2.45) is 5.84 Å². The summed E-state index contributed by atoms with van der Waals surface area (Å²) in [6, 6.07) is 9.44. The van der Waals surface area contributed by atoms with E-state index in [0.29, 0.717) is 5.82 Å². The van der Waals surface area contributed by atoms with Crippen LogP contribution in [0.4, 0.5) is 0 Å². The van der Waals surface area contributed by atoms with E-state index in [1.54, 1.807) is 0 Å². The van der Waals surface area contributed by atoms with Gasteiger partial charge in [-0.3, -0.25) is 10.2 Å². The van der Waals surface area contributed by atoms with Gasteiger partial charge in [0.05, 0.1) is 0 Å². The number of nitrogens with zero attached hydrogens (tertiary/aromatic N) is 2. The van der Waals surface area contributed by atoms with Crippen molar-refractivity contribution in [2.45, 2.75) is 0 Å². The van der Waals surface area contributed by atoms with E-state index in [1.807, 2.05) is 35.8 Å². The van der Waals surface area contributed by atoms with Gasteiger partial charge in [0.1, 0.15) is 0 Å². The van der Waals surface area contributed by atoms with Gasteiger partial charge in [-0.2, -0.15) is 4.37 Å². The van der Waals surface area contributed by atoms with Gasteiger partial charge in [-0.05, 0) is 11.5 Å². The Bertz CT molecular complexity index is 468. The van der Waals surface area contributed by atoms with Crippen molar-refractivity contribution < 1.29 is 4.79 Å². The second-order valence-corrected chi connectivity index (χ2v) is 3.51. The number of nitrogens with two attached hydrogens (primary N) is 1. The van der Waals surface area contributed by atoms with E-state index >= 15 is 0 Å². The van der Waals surface area contributed by atoms with E-state index in [-0.39, 0.29) is 5.01 Å². The molecule has 2 rings (SSSR count). The number of nitrogens with one attached hydrogen (secondary N) is 1. The second-order valence-electron chi connectivity index (χ2n) is 2.76. The normalized spacial score (nSPS) is 9.93. The van der Waals surface area contributed by atoms with Gasteiger partial charge in [0.2, 0.25) is 5.01 Å². The minimum atomic E-state index is -0.422. The molecule has 0 aliphatic carbocycles. The fraction of sp³-hybridized carbons (Fsp3) is 0. The first-order valence-electron chi connectivity index (χ1n) is 4.21. The summed E-state index contributed by atoms with van der Waals surface area (Å²) in [5.74, 6) is 5.11. The summed E-state index contributed by atoms with van der Waals surface area (Å²) in [6.45, 7) is 0. The summed E-state index contributed by atoms with van der Waals surface area (Å²) in [5.41, 5.74) is 2.89. The molecule has 0 unspecified atom stereocenters. The highest BCUT2D eigenvalue weighted by molar-refractivity contribution is 7.07. The van der Waals surface area contributed by atoms with Crippen molar-refractivity contribution in [3.63, 3.8) is 0 Å². The lowest BCUT2D eigenvalue weighted by molar-refractivity contribution is 0.0953. The number of nitrogen functional groups attached to an aromatic ring is 1.